The van der Waals surface area contributed by atoms with E-state index in [0.29, 0.717) is 18.7 Å². The van der Waals surface area contributed by atoms with Crippen LogP contribution in [0.1, 0.15) is 30.9 Å². The SMILES string of the molecule is CC1CCN(CCNC(=O)N(C)Cc2ccc(C#N)cc2)CC1. The molecule has 0 atom stereocenters. The van der Waals surface area contributed by atoms with Gasteiger partial charge in [0.1, 0.15) is 0 Å². The molecule has 0 unspecified atom stereocenters. The summed E-state index contributed by atoms with van der Waals surface area (Å²) in [6.07, 6.45) is 2.51. The number of carbonyl (C=O) groups excluding carboxylic acids is 1. The van der Waals surface area contributed by atoms with E-state index in [4.69, 9.17) is 5.26 Å². The molecule has 0 saturated carbocycles. The molecule has 1 heterocycles. The summed E-state index contributed by atoms with van der Waals surface area (Å²) in [6.45, 7) is 6.72. The number of hydrogen-bond donors (Lipinski definition) is 1. The first kappa shape index (κ1) is 17.3. The summed E-state index contributed by atoms with van der Waals surface area (Å²) in [4.78, 5) is 16.2. The molecule has 0 aromatic heterocycles. The smallest absolute Gasteiger partial charge is 0.317 e. The summed E-state index contributed by atoms with van der Waals surface area (Å²) in [5.41, 5.74) is 1.66. The molecule has 1 aliphatic rings. The van der Waals surface area contributed by atoms with Gasteiger partial charge in [0.2, 0.25) is 0 Å². The van der Waals surface area contributed by atoms with Gasteiger partial charge in [-0.25, -0.2) is 4.79 Å². The van der Waals surface area contributed by atoms with Crippen LogP contribution in [0.4, 0.5) is 4.79 Å². The predicted octanol–water partition coefficient (Wildman–Crippen LogP) is 2.43. The predicted molar refractivity (Wildman–Crippen MR) is 90.9 cm³/mol. The second-order valence-corrected chi connectivity index (χ2v) is 6.42. The molecule has 2 amide bonds. The second-order valence-electron chi connectivity index (χ2n) is 6.42. The molecule has 1 fully saturated rings. The molecular weight excluding hydrogens is 288 g/mol. The fraction of sp³-hybridized carbons (Fsp3) is 0.556. The van der Waals surface area contributed by atoms with E-state index < -0.39 is 0 Å². The van der Waals surface area contributed by atoms with Crippen LogP contribution in [0.2, 0.25) is 0 Å². The largest absolute Gasteiger partial charge is 0.337 e. The normalized spacial score (nSPS) is 15.9. The number of rotatable bonds is 5. The molecule has 2 rings (SSSR count). The standard InChI is InChI=1S/C18H26N4O/c1-15-7-10-22(11-8-15)12-9-20-18(23)21(2)14-17-5-3-16(13-19)4-6-17/h3-6,15H,7-12,14H2,1-2H3,(H,20,23). The van der Waals surface area contributed by atoms with Crippen molar-refractivity contribution in [2.45, 2.75) is 26.3 Å². The van der Waals surface area contributed by atoms with E-state index >= 15 is 0 Å². The van der Waals surface area contributed by atoms with Crippen molar-refractivity contribution < 1.29 is 4.79 Å². The van der Waals surface area contributed by atoms with Crippen LogP contribution in [0.3, 0.4) is 0 Å². The summed E-state index contributed by atoms with van der Waals surface area (Å²) >= 11 is 0. The fourth-order valence-corrected chi connectivity index (χ4v) is 2.77. The van der Waals surface area contributed by atoms with Gasteiger partial charge >= 0.3 is 6.03 Å². The van der Waals surface area contributed by atoms with Crippen LogP contribution in [0.5, 0.6) is 0 Å². The van der Waals surface area contributed by atoms with E-state index in [9.17, 15) is 4.79 Å². The van der Waals surface area contributed by atoms with Gasteiger partial charge in [-0.15, -0.1) is 0 Å². The Hall–Kier alpha value is -2.06. The van der Waals surface area contributed by atoms with Gasteiger partial charge < -0.3 is 15.1 Å². The van der Waals surface area contributed by atoms with E-state index in [1.165, 1.54) is 12.8 Å². The van der Waals surface area contributed by atoms with E-state index in [-0.39, 0.29) is 6.03 Å². The van der Waals surface area contributed by atoms with Gasteiger partial charge in [-0.05, 0) is 49.5 Å². The summed E-state index contributed by atoms with van der Waals surface area (Å²) < 4.78 is 0. The summed E-state index contributed by atoms with van der Waals surface area (Å²) in [6, 6.07) is 9.36. The van der Waals surface area contributed by atoms with Crippen molar-refractivity contribution >= 4 is 6.03 Å². The molecule has 124 valence electrons. The van der Waals surface area contributed by atoms with Crippen LogP contribution in [0.15, 0.2) is 24.3 Å². The summed E-state index contributed by atoms with van der Waals surface area (Å²) in [7, 11) is 1.79. The molecule has 1 aromatic carbocycles. The maximum Gasteiger partial charge on any atom is 0.317 e. The van der Waals surface area contributed by atoms with Crippen molar-refractivity contribution in [3.8, 4) is 6.07 Å². The molecule has 23 heavy (non-hydrogen) atoms. The Balaban J connectivity index is 1.69. The third kappa shape index (κ3) is 5.57. The molecule has 1 saturated heterocycles. The Kier molecular flexibility index (Phi) is 6.42. The van der Waals surface area contributed by atoms with E-state index in [0.717, 1.165) is 31.1 Å². The molecule has 0 spiro atoms. The van der Waals surface area contributed by atoms with Gasteiger partial charge in [0.15, 0.2) is 0 Å². The summed E-state index contributed by atoms with van der Waals surface area (Å²) in [5, 5.41) is 11.8. The molecule has 0 bridgehead atoms. The van der Waals surface area contributed by atoms with E-state index in [2.05, 4.69) is 23.2 Å². The second kappa shape index (κ2) is 8.54. The van der Waals surface area contributed by atoms with Gasteiger partial charge in [0.05, 0.1) is 11.6 Å². The average molecular weight is 314 g/mol. The molecule has 1 aliphatic heterocycles. The first-order valence-electron chi connectivity index (χ1n) is 8.29. The average Bonchev–Trinajstić information content (AvgIpc) is 2.57. The maximum absolute atomic E-state index is 12.1. The number of piperidine rings is 1. The van der Waals surface area contributed by atoms with Gasteiger partial charge in [-0.3, -0.25) is 0 Å². The molecule has 1 N–H and O–H groups in total. The number of amides is 2. The van der Waals surface area contributed by atoms with Crippen LogP contribution >= 0.6 is 0 Å². The van der Waals surface area contributed by atoms with Crippen molar-refractivity contribution in [1.29, 1.82) is 5.26 Å². The lowest BCUT2D eigenvalue weighted by atomic mass is 9.99. The van der Waals surface area contributed by atoms with Crippen LogP contribution in [0.25, 0.3) is 0 Å². The highest BCUT2D eigenvalue weighted by atomic mass is 16.2. The minimum absolute atomic E-state index is 0.0558. The molecule has 5 nitrogen and oxygen atoms in total. The van der Waals surface area contributed by atoms with Crippen molar-refractivity contribution in [3.63, 3.8) is 0 Å². The lowest BCUT2D eigenvalue weighted by Gasteiger charge is -2.30. The lowest BCUT2D eigenvalue weighted by Crippen LogP contribution is -2.42. The highest BCUT2D eigenvalue weighted by Crippen LogP contribution is 2.15. The van der Waals surface area contributed by atoms with Crippen molar-refractivity contribution in [1.82, 2.24) is 15.1 Å². The zero-order chi connectivity index (χ0) is 16.7. The number of benzene rings is 1. The number of carbonyl (C=O) groups is 1. The Morgan fingerprint density at radius 1 is 1.35 bits per heavy atom. The number of urea groups is 1. The zero-order valence-electron chi connectivity index (χ0n) is 14.1. The van der Waals surface area contributed by atoms with Gasteiger partial charge in [0, 0.05) is 26.7 Å². The van der Waals surface area contributed by atoms with Crippen LogP contribution in [0, 0.1) is 17.2 Å². The highest BCUT2D eigenvalue weighted by molar-refractivity contribution is 5.73. The van der Waals surface area contributed by atoms with Crippen LogP contribution in [-0.2, 0) is 6.54 Å². The number of likely N-dealkylation sites (tertiary alicyclic amines) is 1. The van der Waals surface area contributed by atoms with Gasteiger partial charge in [-0.2, -0.15) is 5.26 Å². The molecular formula is C18H26N4O. The van der Waals surface area contributed by atoms with E-state index in [1.807, 2.05) is 12.1 Å². The van der Waals surface area contributed by atoms with Gasteiger partial charge in [-0.1, -0.05) is 19.1 Å². The van der Waals surface area contributed by atoms with Crippen LogP contribution < -0.4 is 5.32 Å². The first-order chi connectivity index (χ1) is 11.1. The zero-order valence-corrected chi connectivity index (χ0v) is 14.1. The quantitative estimate of drug-likeness (QED) is 0.908. The number of nitrogens with one attached hydrogen (secondary N) is 1. The topological polar surface area (TPSA) is 59.4 Å². The monoisotopic (exact) mass is 314 g/mol. The molecule has 0 aliphatic carbocycles. The maximum atomic E-state index is 12.1. The van der Waals surface area contributed by atoms with E-state index in [1.54, 1.807) is 24.1 Å². The van der Waals surface area contributed by atoms with Crippen LogP contribution in [-0.4, -0.2) is 49.1 Å². The Morgan fingerprint density at radius 2 is 2.00 bits per heavy atom. The van der Waals surface area contributed by atoms with Crippen molar-refractivity contribution in [2.75, 3.05) is 33.2 Å². The number of hydrogen-bond acceptors (Lipinski definition) is 3. The highest BCUT2D eigenvalue weighted by Gasteiger charge is 2.15. The fourth-order valence-electron chi connectivity index (χ4n) is 2.77. The molecule has 0 radical (unpaired) electrons. The third-order valence-corrected chi connectivity index (χ3v) is 4.43. The molecule has 5 heteroatoms. The minimum Gasteiger partial charge on any atom is -0.337 e. The van der Waals surface area contributed by atoms with Crippen molar-refractivity contribution in [3.05, 3.63) is 35.4 Å². The Labute approximate surface area is 138 Å². The number of nitriles is 1. The molecule has 1 aromatic rings. The Morgan fingerprint density at radius 3 is 2.61 bits per heavy atom. The lowest BCUT2D eigenvalue weighted by molar-refractivity contribution is 0.184. The first-order valence-corrected chi connectivity index (χ1v) is 8.29. The minimum atomic E-state index is -0.0558. The third-order valence-electron chi connectivity index (χ3n) is 4.43. The Bertz CT molecular complexity index is 541. The van der Waals surface area contributed by atoms with Crippen molar-refractivity contribution in [2.24, 2.45) is 5.92 Å². The van der Waals surface area contributed by atoms with Gasteiger partial charge in [0.25, 0.3) is 0 Å². The summed E-state index contributed by atoms with van der Waals surface area (Å²) in [5.74, 6) is 0.833. The number of nitrogens with zero attached hydrogens (tertiary/aromatic N) is 3.